The van der Waals surface area contributed by atoms with Gasteiger partial charge in [-0.2, -0.15) is 0 Å². The number of hydrogen-bond donors (Lipinski definition) is 4. The smallest absolute Gasteiger partial charge is 0.258 e. The third kappa shape index (κ3) is 4.66. The first kappa shape index (κ1) is 22.1. The van der Waals surface area contributed by atoms with E-state index >= 15 is 0 Å². The summed E-state index contributed by atoms with van der Waals surface area (Å²) in [6, 6.07) is 16.1. The molecule has 2 aliphatic rings. The second-order valence-corrected chi connectivity index (χ2v) is 8.73. The first-order valence-electron chi connectivity index (χ1n) is 11.5. The molecule has 2 aromatic carbocycles. The van der Waals surface area contributed by atoms with Gasteiger partial charge in [-0.15, -0.1) is 0 Å². The average Bonchev–Trinajstić information content (AvgIpc) is 3.71. The molecule has 0 atom stereocenters. The van der Waals surface area contributed by atoms with Gasteiger partial charge in [-0.3, -0.25) is 9.69 Å². The Labute approximate surface area is 197 Å². The highest BCUT2D eigenvalue weighted by atomic mass is 19.1. The number of amides is 1. The number of aromatic nitrogens is 1. The van der Waals surface area contributed by atoms with Gasteiger partial charge in [0.05, 0.1) is 16.9 Å². The molecule has 1 saturated heterocycles. The van der Waals surface area contributed by atoms with Crippen molar-refractivity contribution in [3.05, 3.63) is 66.0 Å². The van der Waals surface area contributed by atoms with Gasteiger partial charge in [0, 0.05) is 49.2 Å². The lowest BCUT2D eigenvalue weighted by molar-refractivity contribution is 0.102. The lowest BCUT2D eigenvalue weighted by Crippen LogP contribution is -2.47. The molecule has 1 saturated carbocycles. The first-order valence-corrected chi connectivity index (χ1v) is 11.5. The highest BCUT2D eigenvalue weighted by molar-refractivity contribution is 6.05. The maximum atomic E-state index is 14.5. The summed E-state index contributed by atoms with van der Waals surface area (Å²) in [5.41, 5.74) is 11.4. The molecule has 1 aliphatic carbocycles. The SMILES string of the molecule is NNc1nc(-c2ccc(F)c(C(=O)Nc3ccc(N4CCN(C5CC5)CC4)cc3)c2)ccc1N. The summed E-state index contributed by atoms with van der Waals surface area (Å²) in [5, 5.41) is 2.79. The van der Waals surface area contributed by atoms with Crippen molar-refractivity contribution in [2.24, 2.45) is 5.84 Å². The van der Waals surface area contributed by atoms with E-state index in [1.165, 1.54) is 25.0 Å². The normalized spacial score (nSPS) is 16.4. The number of nitrogens with two attached hydrogens (primary N) is 2. The van der Waals surface area contributed by atoms with Crippen LogP contribution in [-0.4, -0.2) is 48.0 Å². The molecule has 1 aromatic heterocycles. The number of hydrogen-bond acceptors (Lipinski definition) is 7. The number of rotatable bonds is 6. The molecule has 8 nitrogen and oxygen atoms in total. The minimum absolute atomic E-state index is 0.0707. The topological polar surface area (TPSA) is 113 Å². The zero-order valence-corrected chi connectivity index (χ0v) is 18.8. The third-order valence-corrected chi connectivity index (χ3v) is 6.44. The van der Waals surface area contributed by atoms with Crippen LogP contribution >= 0.6 is 0 Å². The van der Waals surface area contributed by atoms with E-state index in [0.29, 0.717) is 28.5 Å². The number of nitrogens with one attached hydrogen (secondary N) is 2. The van der Waals surface area contributed by atoms with E-state index in [4.69, 9.17) is 11.6 Å². The number of pyridine rings is 1. The van der Waals surface area contributed by atoms with Crippen molar-refractivity contribution in [2.45, 2.75) is 18.9 Å². The van der Waals surface area contributed by atoms with Gasteiger partial charge in [0.2, 0.25) is 0 Å². The summed E-state index contributed by atoms with van der Waals surface area (Å²) in [6.45, 7) is 4.18. The summed E-state index contributed by atoms with van der Waals surface area (Å²) in [5.74, 6) is 4.61. The number of anilines is 4. The molecule has 0 unspecified atom stereocenters. The fraction of sp³-hybridized carbons (Fsp3) is 0.280. The molecule has 2 fully saturated rings. The van der Waals surface area contributed by atoms with Crippen molar-refractivity contribution in [3.8, 4) is 11.3 Å². The van der Waals surface area contributed by atoms with Gasteiger partial charge in [0.15, 0.2) is 5.82 Å². The third-order valence-electron chi connectivity index (χ3n) is 6.44. The Morgan fingerprint density at radius 1 is 1.00 bits per heavy atom. The van der Waals surface area contributed by atoms with E-state index in [-0.39, 0.29) is 5.56 Å². The molecule has 0 spiro atoms. The van der Waals surface area contributed by atoms with E-state index < -0.39 is 11.7 Å². The monoisotopic (exact) mass is 461 g/mol. The van der Waals surface area contributed by atoms with Crippen LogP contribution in [0.15, 0.2) is 54.6 Å². The van der Waals surface area contributed by atoms with E-state index in [1.807, 2.05) is 24.3 Å². The minimum Gasteiger partial charge on any atom is -0.396 e. The van der Waals surface area contributed by atoms with Crippen LogP contribution in [0.1, 0.15) is 23.2 Å². The number of carbonyl (C=O) groups excluding carboxylic acids is 1. The number of hydrazine groups is 1. The van der Waals surface area contributed by atoms with Crippen molar-refractivity contribution in [1.82, 2.24) is 9.88 Å². The highest BCUT2D eigenvalue weighted by Crippen LogP contribution is 2.29. The van der Waals surface area contributed by atoms with Crippen molar-refractivity contribution >= 4 is 28.8 Å². The maximum absolute atomic E-state index is 14.5. The number of benzene rings is 2. The lowest BCUT2D eigenvalue weighted by Gasteiger charge is -2.36. The Bertz CT molecular complexity index is 1190. The van der Waals surface area contributed by atoms with E-state index in [2.05, 4.69) is 25.5 Å². The van der Waals surface area contributed by atoms with E-state index in [1.54, 1.807) is 18.2 Å². The van der Waals surface area contributed by atoms with Crippen LogP contribution in [0.25, 0.3) is 11.3 Å². The summed E-state index contributed by atoms with van der Waals surface area (Å²) < 4.78 is 14.5. The highest BCUT2D eigenvalue weighted by Gasteiger charge is 2.31. The molecule has 176 valence electrons. The van der Waals surface area contributed by atoms with Gasteiger partial charge in [0.25, 0.3) is 5.91 Å². The van der Waals surface area contributed by atoms with Crippen LogP contribution in [0.4, 0.5) is 27.3 Å². The van der Waals surface area contributed by atoms with Crippen molar-refractivity contribution in [2.75, 3.05) is 47.6 Å². The Hall–Kier alpha value is -3.69. The molecule has 2 heterocycles. The van der Waals surface area contributed by atoms with Crippen LogP contribution in [0.2, 0.25) is 0 Å². The van der Waals surface area contributed by atoms with Crippen molar-refractivity contribution < 1.29 is 9.18 Å². The Kier molecular flexibility index (Phi) is 6.04. The number of piperazine rings is 1. The van der Waals surface area contributed by atoms with Crippen molar-refractivity contribution in [3.63, 3.8) is 0 Å². The summed E-state index contributed by atoms with van der Waals surface area (Å²) >= 11 is 0. The number of halogens is 1. The van der Waals surface area contributed by atoms with E-state index in [9.17, 15) is 9.18 Å². The molecular weight excluding hydrogens is 433 g/mol. The summed E-state index contributed by atoms with van der Waals surface area (Å²) in [7, 11) is 0. The Morgan fingerprint density at radius 3 is 2.41 bits per heavy atom. The summed E-state index contributed by atoms with van der Waals surface area (Å²) in [6.07, 6.45) is 2.67. The second kappa shape index (κ2) is 9.28. The molecule has 3 aromatic rings. The van der Waals surface area contributed by atoms with Crippen LogP contribution in [0, 0.1) is 5.82 Å². The molecule has 6 N–H and O–H groups in total. The maximum Gasteiger partial charge on any atom is 0.258 e. The van der Waals surface area contributed by atoms with Gasteiger partial charge < -0.3 is 21.4 Å². The number of carbonyl (C=O) groups is 1. The standard InChI is InChI=1S/C25H28FN7O/c26-21-8-1-16(23-10-9-22(27)24(30-23)31-28)15-20(21)25(34)29-17-2-4-18(5-3-17)32-11-13-33(14-12-32)19-6-7-19/h1-5,8-10,15,19H,6-7,11-14,27-28H2,(H,29,34)(H,30,31). The Morgan fingerprint density at radius 2 is 1.74 bits per heavy atom. The Balaban J connectivity index is 1.27. The van der Waals surface area contributed by atoms with Crippen LogP contribution in [0.3, 0.4) is 0 Å². The fourth-order valence-corrected chi connectivity index (χ4v) is 4.34. The van der Waals surface area contributed by atoms with Crippen LogP contribution < -0.4 is 27.2 Å². The van der Waals surface area contributed by atoms with Crippen LogP contribution in [0.5, 0.6) is 0 Å². The molecule has 1 amide bonds. The predicted molar refractivity (Wildman–Crippen MR) is 133 cm³/mol. The molecule has 34 heavy (non-hydrogen) atoms. The molecule has 9 heteroatoms. The molecule has 0 radical (unpaired) electrons. The van der Waals surface area contributed by atoms with Gasteiger partial charge in [-0.25, -0.2) is 15.2 Å². The van der Waals surface area contributed by atoms with Crippen LogP contribution in [-0.2, 0) is 0 Å². The minimum atomic E-state index is -0.612. The molecular formula is C25H28FN7O. The number of nitrogens with zero attached hydrogens (tertiary/aromatic N) is 3. The largest absolute Gasteiger partial charge is 0.396 e. The zero-order valence-electron chi connectivity index (χ0n) is 18.8. The van der Waals surface area contributed by atoms with E-state index in [0.717, 1.165) is 37.9 Å². The predicted octanol–water partition coefficient (Wildman–Crippen LogP) is 3.29. The second-order valence-electron chi connectivity index (χ2n) is 8.73. The average molecular weight is 462 g/mol. The molecule has 1 aliphatic heterocycles. The molecule has 0 bridgehead atoms. The van der Waals surface area contributed by atoms with Gasteiger partial charge in [-0.05, 0) is 67.4 Å². The summed E-state index contributed by atoms with van der Waals surface area (Å²) in [4.78, 5) is 22.1. The molecule has 5 rings (SSSR count). The van der Waals surface area contributed by atoms with Gasteiger partial charge >= 0.3 is 0 Å². The van der Waals surface area contributed by atoms with Gasteiger partial charge in [-0.1, -0.05) is 0 Å². The van der Waals surface area contributed by atoms with Gasteiger partial charge in [0.1, 0.15) is 5.82 Å². The first-order chi connectivity index (χ1) is 16.5. The fourth-order valence-electron chi connectivity index (χ4n) is 4.34. The lowest BCUT2D eigenvalue weighted by atomic mass is 10.1. The quantitative estimate of drug-likeness (QED) is 0.329. The number of nitrogen functional groups attached to an aromatic ring is 2. The zero-order chi connectivity index (χ0) is 23.7. The van der Waals surface area contributed by atoms with Crippen molar-refractivity contribution in [1.29, 1.82) is 0 Å².